The SMILES string of the molecule is C#CCCCN1CC(=O)NC(C2CC2)C1=O. The normalized spacial score (nSPS) is 25.2. The van der Waals surface area contributed by atoms with Crippen molar-refractivity contribution in [3.63, 3.8) is 0 Å². The number of amides is 2. The summed E-state index contributed by atoms with van der Waals surface area (Å²) in [5, 5.41) is 2.78. The second kappa shape index (κ2) is 4.56. The van der Waals surface area contributed by atoms with Crippen LogP contribution in [0.15, 0.2) is 0 Å². The minimum atomic E-state index is -0.271. The predicted octanol–water partition coefficient (Wildman–Crippen LogP) is 0.137. The lowest BCUT2D eigenvalue weighted by Gasteiger charge is -2.32. The molecule has 16 heavy (non-hydrogen) atoms. The highest BCUT2D eigenvalue weighted by molar-refractivity contribution is 5.95. The second-order valence-electron chi connectivity index (χ2n) is 4.45. The van der Waals surface area contributed by atoms with Crippen molar-refractivity contribution in [2.45, 2.75) is 31.7 Å². The number of rotatable bonds is 4. The molecule has 86 valence electrons. The monoisotopic (exact) mass is 220 g/mol. The zero-order valence-corrected chi connectivity index (χ0v) is 9.24. The highest BCUT2D eigenvalue weighted by Crippen LogP contribution is 2.34. The lowest BCUT2D eigenvalue weighted by atomic mass is 10.1. The zero-order chi connectivity index (χ0) is 11.5. The number of piperazine rings is 1. The number of carbonyl (C=O) groups excluding carboxylic acids is 2. The lowest BCUT2D eigenvalue weighted by Crippen LogP contribution is -2.58. The summed E-state index contributed by atoms with van der Waals surface area (Å²) >= 11 is 0. The molecule has 0 aromatic rings. The number of hydrogen-bond acceptors (Lipinski definition) is 2. The summed E-state index contributed by atoms with van der Waals surface area (Å²) in [7, 11) is 0. The maximum Gasteiger partial charge on any atom is 0.245 e. The van der Waals surface area contributed by atoms with Gasteiger partial charge >= 0.3 is 0 Å². The Labute approximate surface area is 95.4 Å². The van der Waals surface area contributed by atoms with E-state index >= 15 is 0 Å². The second-order valence-corrected chi connectivity index (χ2v) is 4.45. The average Bonchev–Trinajstić information content (AvgIpc) is 3.06. The first-order valence-corrected chi connectivity index (χ1v) is 5.74. The lowest BCUT2D eigenvalue weighted by molar-refractivity contribution is -0.144. The number of terminal acetylenes is 1. The fraction of sp³-hybridized carbons (Fsp3) is 0.667. The standard InChI is InChI=1S/C12H16N2O2/c1-2-3-4-7-14-8-10(15)13-11(12(14)16)9-5-6-9/h1,9,11H,3-8H2,(H,13,15). The molecule has 0 radical (unpaired) electrons. The number of nitrogens with one attached hydrogen (secondary N) is 1. The average molecular weight is 220 g/mol. The van der Waals surface area contributed by atoms with Crippen molar-refractivity contribution in [2.75, 3.05) is 13.1 Å². The van der Waals surface area contributed by atoms with Crippen LogP contribution in [0.25, 0.3) is 0 Å². The van der Waals surface area contributed by atoms with Gasteiger partial charge in [-0.25, -0.2) is 0 Å². The first-order chi connectivity index (χ1) is 7.72. The van der Waals surface area contributed by atoms with Crippen LogP contribution in [0.5, 0.6) is 0 Å². The van der Waals surface area contributed by atoms with Gasteiger partial charge in [0.05, 0.1) is 6.54 Å². The molecule has 2 fully saturated rings. The van der Waals surface area contributed by atoms with E-state index in [0.29, 0.717) is 18.9 Å². The number of carbonyl (C=O) groups is 2. The fourth-order valence-electron chi connectivity index (χ4n) is 2.04. The Morgan fingerprint density at radius 2 is 2.19 bits per heavy atom. The largest absolute Gasteiger partial charge is 0.342 e. The van der Waals surface area contributed by atoms with E-state index in [2.05, 4.69) is 11.2 Å². The van der Waals surface area contributed by atoms with Gasteiger partial charge < -0.3 is 10.2 Å². The molecule has 2 rings (SSSR count). The molecule has 1 unspecified atom stereocenters. The molecule has 1 atom stereocenters. The molecule has 0 aromatic carbocycles. The van der Waals surface area contributed by atoms with Crippen molar-refractivity contribution >= 4 is 11.8 Å². The summed E-state index contributed by atoms with van der Waals surface area (Å²) in [6.45, 7) is 0.784. The van der Waals surface area contributed by atoms with Crippen LogP contribution in [0, 0.1) is 18.3 Å². The molecular weight excluding hydrogens is 204 g/mol. The van der Waals surface area contributed by atoms with Gasteiger partial charge in [-0.1, -0.05) is 0 Å². The molecule has 1 saturated carbocycles. The Balaban J connectivity index is 1.92. The Hall–Kier alpha value is -1.50. The molecule has 0 aromatic heterocycles. The van der Waals surface area contributed by atoms with Crippen LogP contribution in [0.1, 0.15) is 25.7 Å². The molecule has 1 saturated heterocycles. The van der Waals surface area contributed by atoms with Gasteiger partial charge in [0, 0.05) is 13.0 Å². The molecular formula is C12H16N2O2. The summed E-state index contributed by atoms with van der Waals surface area (Å²) in [5.41, 5.74) is 0. The van der Waals surface area contributed by atoms with E-state index < -0.39 is 0 Å². The predicted molar refractivity (Wildman–Crippen MR) is 59.3 cm³/mol. The van der Waals surface area contributed by atoms with Crippen LogP contribution in [0.4, 0.5) is 0 Å². The van der Waals surface area contributed by atoms with Gasteiger partial charge in [-0.3, -0.25) is 9.59 Å². The molecule has 4 nitrogen and oxygen atoms in total. The molecule has 0 spiro atoms. The topological polar surface area (TPSA) is 49.4 Å². The van der Waals surface area contributed by atoms with Crippen molar-refractivity contribution in [1.82, 2.24) is 10.2 Å². The minimum absolute atomic E-state index is 0.0443. The van der Waals surface area contributed by atoms with E-state index in [9.17, 15) is 9.59 Å². The smallest absolute Gasteiger partial charge is 0.245 e. The summed E-state index contributed by atoms with van der Waals surface area (Å²) < 4.78 is 0. The Bertz CT molecular complexity index is 341. The van der Waals surface area contributed by atoms with E-state index in [-0.39, 0.29) is 24.4 Å². The zero-order valence-electron chi connectivity index (χ0n) is 9.24. The van der Waals surface area contributed by atoms with Crippen LogP contribution in [-0.2, 0) is 9.59 Å². The van der Waals surface area contributed by atoms with Crippen LogP contribution in [0.2, 0.25) is 0 Å². The number of unbranched alkanes of at least 4 members (excludes halogenated alkanes) is 1. The van der Waals surface area contributed by atoms with Crippen LogP contribution < -0.4 is 5.32 Å². The van der Waals surface area contributed by atoms with Crippen molar-refractivity contribution in [1.29, 1.82) is 0 Å². The number of hydrogen-bond donors (Lipinski definition) is 1. The van der Waals surface area contributed by atoms with Crippen molar-refractivity contribution in [3.8, 4) is 12.3 Å². The van der Waals surface area contributed by atoms with Gasteiger partial charge in [0.2, 0.25) is 11.8 Å². The first kappa shape index (κ1) is 11.0. The van der Waals surface area contributed by atoms with E-state index in [1.165, 1.54) is 0 Å². The molecule has 1 aliphatic carbocycles. The summed E-state index contributed by atoms with van der Waals surface area (Å²) in [6.07, 6.45) is 8.68. The third-order valence-corrected chi connectivity index (χ3v) is 3.07. The highest BCUT2D eigenvalue weighted by Gasteiger charge is 2.42. The van der Waals surface area contributed by atoms with Crippen molar-refractivity contribution < 1.29 is 9.59 Å². The maximum atomic E-state index is 12.0. The molecule has 4 heteroatoms. The van der Waals surface area contributed by atoms with Gasteiger partial charge in [0.1, 0.15) is 6.04 Å². The molecule has 1 heterocycles. The van der Waals surface area contributed by atoms with Crippen LogP contribution >= 0.6 is 0 Å². The molecule has 1 aliphatic heterocycles. The summed E-state index contributed by atoms with van der Waals surface area (Å²) in [5.74, 6) is 2.93. The molecule has 2 aliphatic rings. The van der Waals surface area contributed by atoms with E-state index in [4.69, 9.17) is 6.42 Å². The van der Waals surface area contributed by atoms with E-state index in [1.54, 1.807) is 4.90 Å². The highest BCUT2D eigenvalue weighted by atomic mass is 16.2. The molecule has 2 amide bonds. The molecule has 1 N–H and O–H groups in total. The molecule has 0 bridgehead atoms. The van der Waals surface area contributed by atoms with Gasteiger partial charge in [0.15, 0.2) is 0 Å². The Morgan fingerprint density at radius 3 is 2.81 bits per heavy atom. The summed E-state index contributed by atoms with van der Waals surface area (Å²) in [4.78, 5) is 25.1. The maximum absolute atomic E-state index is 12.0. The van der Waals surface area contributed by atoms with Crippen molar-refractivity contribution in [3.05, 3.63) is 0 Å². The third kappa shape index (κ3) is 2.35. The quantitative estimate of drug-likeness (QED) is 0.541. The van der Waals surface area contributed by atoms with E-state index in [1.807, 2.05) is 0 Å². The number of nitrogens with zero attached hydrogens (tertiary/aromatic N) is 1. The van der Waals surface area contributed by atoms with Gasteiger partial charge in [-0.2, -0.15) is 0 Å². The minimum Gasteiger partial charge on any atom is -0.342 e. The summed E-state index contributed by atoms with van der Waals surface area (Å²) in [6, 6.07) is -0.271. The third-order valence-electron chi connectivity index (χ3n) is 3.07. The van der Waals surface area contributed by atoms with Gasteiger partial charge in [0.25, 0.3) is 0 Å². The van der Waals surface area contributed by atoms with Crippen LogP contribution in [0.3, 0.4) is 0 Å². The first-order valence-electron chi connectivity index (χ1n) is 5.74. The fourth-order valence-corrected chi connectivity index (χ4v) is 2.04. The van der Waals surface area contributed by atoms with Gasteiger partial charge in [-0.15, -0.1) is 12.3 Å². The van der Waals surface area contributed by atoms with E-state index in [0.717, 1.165) is 19.3 Å². The van der Waals surface area contributed by atoms with Gasteiger partial charge in [-0.05, 0) is 25.2 Å². The Morgan fingerprint density at radius 1 is 1.44 bits per heavy atom. The van der Waals surface area contributed by atoms with Crippen LogP contribution in [-0.4, -0.2) is 35.8 Å². The van der Waals surface area contributed by atoms with Crippen molar-refractivity contribution in [2.24, 2.45) is 5.92 Å². The Kier molecular flexibility index (Phi) is 3.14.